The van der Waals surface area contributed by atoms with Crippen LogP contribution in [0.2, 0.25) is 0 Å². The minimum absolute atomic E-state index is 0.114. The number of nitrogens with one attached hydrogen (secondary N) is 1. The Kier molecular flexibility index (Phi) is 3.25. The predicted molar refractivity (Wildman–Crippen MR) is 49.5 cm³/mol. The Morgan fingerprint density at radius 2 is 2.46 bits per heavy atom. The number of aryl methyl sites for hydroxylation is 1. The third kappa shape index (κ3) is 2.74. The summed E-state index contributed by atoms with van der Waals surface area (Å²) in [4.78, 5) is 23.7. The molecule has 0 bridgehead atoms. The first-order valence-electron chi connectivity index (χ1n) is 4.11. The number of aldehydes is 1. The lowest BCUT2D eigenvalue weighted by atomic mass is 10.2. The fraction of sp³-hybridized carbons (Fsp3) is 0.333. The summed E-state index contributed by atoms with van der Waals surface area (Å²) in [5.74, 6) is 0. The number of aromatic amines is 1. The van der Waals surface area contributed by atoms with E-state index in [9.17, 15) is 9.59 Å². The van der Waals surface area contributed by atoms with Crippen molar-refractivity contribution >= 4 is 6.29 Å². The number of aromatic nitrogens is 2. The second kappa shape index (κ2) is 4.45. The van der Waals surface area contributed by atoms with Crippen molar-refractivity contribution in [2.24, 2.45) is 0 Å². The summed E-state index contributed by atoms with van der Waals surface area (Å²) >= 11 is 0. The van der Waals surface area contributed by atoms with Crippen molar-refractivity contribution in [3.63, 3.8) is 0 Å². The van der Waals surface area contributed by atoms with Gasteiger partial charge in [0.1, 0.15) is 6.29 Å². The molecule has 4 nitrogen and oxygen atoms in total. The topological polar surface area (TPSA) is 54.9 Å². The minimum Gasteiger partial charge on any atom is -0.313 e. The first kappa shape index (κ1) is 9.51. The molecule has 0 amide bonds. The highest BCUT2D eigenvalue weighted by molar-refractivity contribution is 5.71. The molecule has 0 spiro atoms. The largest absolute Gasteiger partial charge is 0.325 e. The molecule has 0 saturated heterocycles. The fourth-order valence-corrected chi connectivity index (χ4v) is 1.06. The van der Waals surface area contributed by atoms with Crippen LogP contribution in [0, 0.1) is 0 Å². The average molecular weight is 180 g/mol. The van der Waals surface area contributed by atoms with Gasteiger partial charge in [0, 0.05) is 18.9 Å². The molecule has 0 aliphatic rings. The molecule has 0 atom stereocenters. The van der Waals surface area contributed by atoms with Gasteiger partial charge < -0.3 is 4.98 Å². The van der Waals surface area contributed by atoms with E-state index in [0.717, 1.165) is 12.7 Å². The Bertz CT molecular complexity index is 348. The second-order valence-electron chi connectivity index (χ2n) is 2.84. The number of allylic oxidation sites excluding steroid dienone is 1. The lowest BCUT2D eigenvalue weighted by Crippen LogP contribution is -2.16. The smallest absolute Gasteiger partial charge is 0.313 e. The Labute approximate surface area is 75.9 Å². The van der Waals surface area contributed by atoms with Crippen LogP contribution in [-0.2, 0) is 11.3 Å². The van der Waals surface area contributed by atoms with E-state index in [2.05, 4.69) is 11.6 Å². The Hall–Kier alpha value is -1.58. The van der Waals surface area contributed by atoms with Gasteiger partial charge >= 0.3 is 5.69 Å². The number of nitrogens with zero attached hydrogens (tertiary/aromatic N) is 1. The Balaban J connectivity index is 2.36. The van der Waals surface area contributed by atoms with Crippen LogP contribution in [0.1, 0.15) is 12.8 Å². The van der Waals surface area contributed by atoms with Gasteiger partial charge in [-0.15, -0.1) is 0 Å². The normalized spacial score (nSPS) is 9.85. The van der Waals surface area contributed by atoms with Crippen molar-refractivity contribution in [3.05, 3.63) is 35.0 Å². The third-order valence-corrected chi connectivity index (χ3v) is 1.79. The van der Waals surface area contributed by atoms with Crippen LogP contribution in [0.5, 0.6) is 0 Å². The van der Waals surface area contributed by atoms with Gasteiger partial charge in [0.15, 0.2) is 0 Å². The molecule has 0 fully saturated rings. The number of hydrogen-bond donors (Lipinski definition) is 1. The van der Waals surface area contributed by atoms with Crippen LogP contribution in [0.3, 0.4) is 0 Å². The highest BCUT2D eigenvalue weighted by Crippen LogP contribution is 1.99. The maximum atomic E-state index is 11.0. The van der Waals surface area contributed by atoms with Gasteiger partial charge in [-0.25, -0.2) is 4.79 Å². The van der Waals surface area contributed by atoms with E-state index in [-0.39, 0.29) is 5.69 Å². The van der Waals surface area contributed by atoms with E-state index in [4.69, 9.17) is 0 Å². The molecule has 0 aliphatic carbocycles. The van der Waals surface area contributed by atoms with E-state index in [0.29, 0.717) is 18.5 Å². The lowest BCUT2D eigenvalue weighted by Gasteiger charge is -1.99. The average Bonchev–Trinajstić information content (AvgIpc) is 2.52. The zero-order valence-electron chi connectivity index (χ0n) is 7.32. The van der Waals surface area contributed by atoms with Gasteiger partial charge in [-0.05, 0) is 18.4 Å². The number of rotatable bonds is 5. The Morgan fingerprint density at radius 3 is 3.00 bits per heavy atom. The molecule has 0 aliphatic heterocycles. The highest BCUT2D eigenvalue weighted by atomic mass is 16.1. The number of carbonyl (C=O) groups excluding carboxylic acids is 1. The summed E-state index contributed by atoms with van der Waals surface area (Å²) in [7, 11) is 0. The van der Waals surface area contributed by atoms with Gasteiger partial charge in [0.25, 0.3) is 0 Å². The molecule has 0 saturated carbocycles. The lowest BCUT2D eigenvalue weighted by molar-refractivity contribution is -0.105. The van der Waals surface area contributed by atoms with Gasteiger partial charge in [0.05, 0.1) is 0 Å². The van der Waals surface area contributed by atoms with Gasteiger partial charge in [-0.2, -0.15) is 0 Å². The van der Waals surface area contributed by atoms with E-state index in [1.54, 1.807) is 17.0 Å². The summed E-state index contributed by atoms with van der Waals surface area (Å²) < 4.78 is 1.57. The van der Waals surface area contributed by atoms with Crippen LogP contribution < -0.4 is 5.69 Å². The Morgan fingerprint density at radius 1 is 1.69 bits per heavy atom. The summed E-state index contributed by atoms with van der Waals surface area (Å²) in [6.45, 7) is 4.17. The maximum Gasteiger partial charge on any atom is 0.325 e. The molecule has 0 aromatic carbocycles. The number of carbonyl (C=O) groups is 1. The molecule has 0 radical (unpaired) electrons. The fourth-order valence-electron chi connectivity index (χ4n) is 1.06. The molecule has 1 heterocycles. The zero-order valence-corrected chi connectivity index (χ0v) is 7.32. The standard InChI is InChI=1S/C9H12N2O2/c1-8(7-12)3-2-5-11-6-4-10-9(11)13/h4,6-7H,1-3,5H2,(H,10,13). The molecule has 4 heteroatoms. The van der Waals surface area contributed by atoms with Gasteiger partial charge in [-0.3, -0.25) is 9.36 Å². The molecule has 0 unspecified atom stereocenters. The van der Waals surface area contributed by atoms with Crippen LogP contribution in [0.15, 0.2) is 29.3 Å². The molecular formula is C9H12N2O2. The molecule has 13 heavy (non-hydrogen) atoms. The van der Waals surface area contributed by atoms with E-state index in [1.807, 2.05) is 0 Å². The summed E-state index contributed by atoms with van der Waals surface area (Å²) in [6.07, 6.45) is 5.43. The van der Waals surface area contributed by atoms with Crippen molar-refractivity contribution in [2.75, 3.05) is 0 Å². The van der Waals surface area contributed by atoms with Crippen molar-refractivity contribution in [1.29, 1.82) is 0 Å². The first-order valence-corrected chi connectivity index (χ1v) is 4.11. The maximum absolute atomic E-state index is 11.0. The van der Waals surface area contributed by atoms with E-state index in [1.165, 1.54) is 0 Å². The molecule has 1 N–H and O–H groups in total. The molecule has 1 aromatic rings. The second-order valence-corrected chi connectivity index (χ2v) is 2.84. The van der Waals surface area contributed by atoms with Gasteiger partial charge in [-0.1, -0.05) is 6.58 Å². The number of H-pyrrole nitrogens is 1. The van der Waals surface area contributed by atoms with E-state index < -0.39 is 0 Å². The predicted octanol–water partition coefficient (Wildman–Crippen LogP) is 0.712. The van der Waals surface area contributed by atoms with Gasteiger partial charge in [0.2, 0.25) is 0 Å². The van der Waals surface area contributed by atoms with Crippen molar-refractivity contribution in [2.45, 2.75) is 19.4 Å². The van der Waals surface area contributed by atoms with Crippen LogP contribution >= 0.6 is 0 Å². The quantitative estimate of drug-likeness (QED) is 0.536. The van der Waals surface area contributed by atoms with E-state index >= 15 is 0 Å². The molecule has 1 rings (SSSR count). The van der Waals surface area contributed by atoms with Crippen LogP contribution in [0.25, 0.3) is 0 Å². The number of hydrogen-bond acceptors (Lipinski definition) is 2. The summed E-state index contributed by atoms with van der Waals surface area (Å²) in [6, 6.07) is 0. The van der Waals surface area contributed by atoms with Crippen LogP contribution in [0.4, 0.5) is 0 Å². The highest BCUT2D eigenvalue weighted by Gasteiger charge is 1.96. The zero-order chi connectivity index (χ0) is 9.68. The molecule has 70 valence electrons. The monoisotopic (exact) mass is 180 g/mol. The number of imidazole rings is 1. The molecular weight excluding hydrogens is 168 g/mol. The summed E-state index contributed by atoms with van der Waals surface area (Å²) in [5, 5.41) is 0. The van der Waals surface area contributed by atoms with Crippen molar-refractivity contribution in [3.8, 4) is 0 Å². The van der Waals surface area contributed by atoms with Crippen molar-refractivity contribution in [1.82, 2.24) is 9.55 Å². The summed E-state index contributed by atoms with van der Waals surface area (Å²) in [5.41, 5.74) is 0.459. The first-order chi connectivity index (χ1) is 6.24. The SMILES string of the molecule is C=C(C=O)CCCn1cc[nH]c1=O. The minimum atomic E-state index is -0.114. The van der Waals surface area contributed by atoms with Crippen LogP contribution in [-0.4, -0.2) is 15.8 Å². The third-order valence-electron chi connectivity index (χ3n) is 1.79. The van der Waals surface area contributed by atoms with Crippen molar-refractivity contribution < 1.29 is 4.79 Å². The molecule has 1 aromatic heterocycles.